The molecule has 0 spiro atoms. The van der Waals surface area contributed by atoms with Crippen LogP contribution in [0.5, 0.6) is 0 Å². The summed E-state index contributed by atoms with van der Waals surface area (Å²) in [5.74, 6) is 0. The quantitative estimate of drug-likeness (QED) is 0.168. The molecule has 0 radical (unpaired) electrons. The third kappa shape index (κ3) is 6.44. The van der Waals surface area contributed by atoms with Crippen LogP contribution in [0.25, 0.3) is 0 Å². The SMILES string of the molecule is FP1(F)=NP(F)(F)=NP(F)(F)=NP(F)(N=C=S)=NP(F)(F)=N1. The Balaban J connectivity index is 4.09. The van der Waals surface area contributed by atoms with Crippen molar-refractivity contribution in [3.8, 4) is 0 Å². The van der Waals surface area contributed by atoms with Gasteiger partial charge in [0.05, 0.1) is 5.16 Å². The fourth-order valence-corrected chi connectivity index (χ4v) is 9.20. The van der Waals surface area contributed by atoms with E-state index in [4.69, 9.17) is 0 Å². The van der Waals surface area contributed by atoms with Crippen molar-refractivity contribution < 1.29 is 37.8 Å². The van der Waals surface area contributed by atoms with Crippen LogP contribution < -0.4 is 0 Å². The van der Waals surface area contributed by atoms with Crippen molar-refractivity contribution in [2.45, 2.75) is 0 Å². The fourth-order valence-electron chi connectivity index (χ4n) is 0.844. The molecule has 0 N–H and O–H groups in total. The molecule has 0 fully saturated rings. The third-order valence-corrected chi connectivity index (χ3v) is 10.5. The zero-order valence-electron chi connectivity index (χ0n) is 9.23. The minimum atomic E-state index is -6.76. The van der Waals surface area contributed by atoms with E-state index in [1.54, 1.807) is 9.03 Å². The number of nitrogens with zero attached hydrogens (tertiary/aromatic N) is 6. The first kappa shape index (κ1) is 20.4. The molecule has 0 aromatic rings. The van der Waals surface area contributed by atoms with Crippen molar-refractivity contribution >= 4 is 56.4 Å². The summed E-state index contributed by atoms with van der Waals surface area (Å²) in [5, 5.41) is 1.08. The molecule has 0 bridgehead atoms. The van der Waals surface area contributed by atoms with Gasteiger partial charge in [0, 0.05) is 0 Å². The standard InChI is InChI=1S/CF9N6P5S/c2-17(3)12-18(4,5)14-20(8,9)16-21(10,11-1-22)15-19(6,7)13-17. The molecule has 21 heteroatoms. The van der Waals surface area contributed by atoms with E-state index in [0.29, 0.717) is 0 Å². The van der Waals surface area contributed by atoms with Crippen LogP contribution in [0, 0.1) is 0 Å². The van der Waals surface area contributed by atoms with Gasteiger partial charge in [-0.05, 0) is 12.2 Å². The van der Waals surface area contributed by atoms with Crippen LogP contribution >= 0.6 is 51.2 Å². The number of isothiocyanates is 1. The van der Waals surface area contributed by atoms with Gasteiger partial charge in [0.2, 0.25) is 0 Å². The second kappa shape index (κ2) is 6.32. The van der Waals surface area contributed by atoms with Gasteiger partial charge in [-0.15, -0.1) is 60.9 Å². The predicted molar refractivity (Wildman–Crippen MR) is 71.7 cm³/mol. The highest BCUT2D eigenvalue weighted by Gasteiger charge is 2.39. The van der Waals surface area contributed by atoms with Gasteiger partial charge in [-0.3, -0.25) is 0 Å². The lowest BCUT2D eigenvalue weighted by atomic mass is 11.8. The smallest absolute Gasteiger partial charge is 0.157 e. The average molecular weight is 454 g/mol. The minimum absolute atomic E-state index is 1.08. The Labute approximate surface area is 122 Å². The maximum Gasteiger partial charge on any atom is 0.425 e. The number of halogens is 9. The van der Waals surface area contributed by atoms with Crippen molar-refractivity contribution in [3.63, 3.8) is 0 Å². The van der Waals surface area contributed by atoms with Crippen molar-refractivity contribution in [3.05, 3.63) is 0 Å². The maximum absolute atomic E-state index is 13.8. The summed E-state index contributed by atoms with van der Waals surface area (Å²) >= 11 is 3.81. The molecule has 1 rings (SSSR count). The molecule has 0 aromatic carbocycles. The van der Waals surface area contributed by atoms with Gasteiger partial charge in [-0.25, -0.2) is 0 Å². The fraction of sp³-hybridized carbons (Fsp3) is 0. The summed E-state index contributed by atoms with van der Waals surface area (Å²) in [7, 11) is -32.8. The number of rotatable bonds is 1. The van der Waals surface area contributed by atoms with E-state index in [9.17, 15) is 37.8 Å². The topological polar surface area (TPSA) is 74.2 Å². The van der Waals surface area contributed by atoms with E-state index >= 15 is 0 Å². The molecule has 0 saturated carbocycles. The first-order valence-electron chi connectivity index (χ1n) is 4.15. The Kier molecular flexibility index (Phi) is 5.85. The van der Waals surface area contributed by atoms with E-state index in [2.05, 4.69) is 17.0 Å². The Hall–Kier alpha value is 0.320. The Morgan fingerprint density at radius 3 is 1.27 bits per heavy atom. The van der Waals surface area contributed by atoms with Gasteiger partial charge in [-0.1, -0.05) is 0 Å². The summed E-state index contributed by atoms with van der Waals surface area (Å²) in [5.41, 5.74) is 0. The molecular formula is CF9N6P5S. The molecular weight excluding hydrogens is 454 g/mol. The van der Waals surface area contributed by atoms with E-state index in [1.165, 1.54) is 13.5 Å². The molecule has 0 aliphatic carbocycles. The number of hydrogen-bond donors (Lipinski definition) is 0. The molecule has 1 aliphatic rings. The third-order valence-electron chi connectivity index (χ3n) is 1.26. The van der Waals surface area contributed by atoms with Crippen LogP contribution in [0.4, 0.5) is 37.8 Å². The molecule has 128 valence electrons. The lowest BCUT2D eigenvalue weighted by Crippen LogP contribution is -1.69. The maximum atomic E-state index is 13.8. The Morgan fingerprint density at radius 1 is 0.591 bits per heavy atom. The molecule has 0 saturated heterocycles. The van der Waals surface area contributed by atoms with Gasteiger partial charge < -0.3 is 0 Å². The van der Waals surface area contributed by atoms with Crippen LogP contribution in [-0.4, -0.2) is 5.16 Å². The largest absolute Gasteiger partial charge is 0.425 e. The van der Waals surface area contributed by atoms with Crippen molar-refractivity contribution in [1.82, 2.24) is 0 Å². The first-order valence-corrected chi connectivity index (χ1v) is 12.0. The second-order valence-electron chi connectivity index (χ2n) is 2.96. The zero-order chi connectivity index (χ0) is 17.4. The molecule has 1 unspecified atom stereocenters. The van der Waals surface area contributed by atoms with Crippen LogP contribution in [0.1, 0.15) is 0 Å². The van der Waals surface area contributed by atoms with E-state index in [-0.39, 0.29) is 0 Å². The van der Waals surface area contributed by atoms with Crippen molar-refractivity contribution in [2.24, 2.45) is 27.3 Å². The monoisotopic (exact) mass is 454 g/mol. The van der Waals surface area contributed by atoms with E-state index in [1.807, 2.05) is 0 Å². The first-order chi connectivity index (χ1) is 9.60. The van der Waals surface area contributed by atoms with Crippen LogP contribution in [0.3, 0.4) is 0 Å². The van der Waals surface area contributed by atoms with Crippen LogP contribution in [-0.2, 0) is 0 Å². The van der Waals surface area contributed by atoms with Gasteiger partial charge in [0.25, 0.3) is 0 Å². The number of hydrogen-bond acceptors (Lipinski definition) is 7. The molecule has 1 heterocycles. The second-order valence-corrected chi connectivity index (χ2v) is 11.6. The Bertz CT molecular complexity index is 787. The average Bonchev–Trinajstić information content (AvgIpc) is 2.04. The molecule has 22 heavy (non-hydrogen) atoms. The Morgan fingerprint density at radius 2 is 0.909 bits per heavy atom. The summed E-state index contributed by atoms with van der Waals surface area (Å²) in [6.07, 6.45) is 0. The normalized spacial score (nSPS) is 31.7. The molecule has 0 amide bonds. The molecule has 0 aromatic heterocycles. The lowest BCUT2D eigenvalue weighted by Gasteiger charge is -2.10. The highest BCUT2D eigenvalue weighted by atomic mass is 32.1. The summed E-state index contributed by atoms with van der Waals surface area (Å²) < 4.78 is 128. The predicted octanol–water partition coefficient (Wildman–Crippen LogP) is 9.56. The van der Waals surface area contributed by atoms with Gasteiger partial charge >= 0.3 is 39.0 Å². The highest BCUT2D eigenvalue weighted by Crippen LogP contribution is 2.82. The summed E-state index contributed by atoms with van der Waals surface area (Å²) in [4.78, 5) is 0. The number of thiocarbonyl (C=S) groups is 1. The van der Waals surface area contributed by atoms with Crippen LogP contribution in [0.15, 0.2) is 27.3 Å². The van der Waals surface area contributed by atoms with Crippen molar-refractivity contribution in [2.75, 3.05) is 0 Å². The molecule has 1 atom stereocenters. The summed E-state index contributed by atoms with van der Waals surface area (Å²) in [6, 6.07) is 0. The highest BCUT2D eigenvalue weighted by molar-refractivity contribution is 7.80. The molecule has 6 nitrogen and oxygen atoms in total. The van der Waals surface area contributed by atoms with Crippen molar-refractivity contribution in [1.29, 1.82) is 0 Å². The van der Waals surface area contributed by atoms with E-state index in [0.717, 1.165) is 5.16 Å². The van der Waals surface area contributed by atoms with Gasteiger partial charge in [0.15, 0.2) is 0 Å². The molecule has 1 aliphatic heterocycles. The van der Waals surface area contributed by atoms with Crippen LogP contribution in [0.2, 0.25) is 0 Å². The zero-order valence-corrected chi connectivity index (χ0v) is 14.5. The minimum Gasteiger partial charge on any atom is -0.157 e. The van der Waals surface area contributed by atoms with E-state index < -0.39 is 39.0 Å². The lowest BCUT2D eigenvalue weighted by molar-refractivity contribution is 0.688. The van der Waals surface area contributed by atoms with Gasteiger partial charge in [-0.2, -0.15) is 4.20 Å². The summed E-state index contributed by atoms with van der Waals surface area (Å²) in [6.45, 7) is 0. The van der Waals surface area contributed by atoms with Gasteiger partial charge in [0.1, 0.15) is 0 Å².